The molecule has 2 aromatic rings. The van der Waals surface area contributed by atoms with E-state index in [1.807, 2.05) is 0 Å². The molecule has 1 aliphatic carbocycles. The quantitative estimate of drug-likeness (QED) is 0.617. The Morgan fingerprint density at radius 2 is 1.46 bits per heavy atom. The summed E-state index contributed by atoms with van der Waals surface area (Å²) in [6.45, 7) is 0. The molecule has 1 unspecified atom stereocenters. The van der Waals surface area contributed by atoms with Crippen molar-refractivity contribution < 1.29 is 26.4 Å². The van der Waals surface area contributed by atoms with Crippen LogP contribution in [0, 0.1) is 0 Å². The normalized spacial score (nSPS) is 15.8. The SMILES string of the molecule is COC(=O)C(NS(=O)(=O)c1ccc(S(=O)(=O)NC2CC2)cc1)c1ccccc1. The Morgan fingerprint density at radius 3 is 1.96 bits per heavy atom. The molecule has 0 saturated heterocycles. The van der Waals surface area contributed by atoms with Crippen molar-refractivity contribution >= 4 is 26.0 Å². The number of rotatable bonds is 8. The maximum atomic E-state index is 12.7. The second kappa shape index (κ2) is 8.00. The lowest BCUT2D eigenvalue weighted by Gasteiger charge is -2.17. The predicted octanol–water partition coefficient (Wildman–Crippen LogP) is 1.32. The van der Waals surface area contributed by atoms with Gasteiger partial charge in [-0.2, -0.15) is 4.72 Å². The van der Waals surface area contributed by atoms with Gasteiger partial charge in [-0.1, -0.05) is 30.3 Å². The zero-order chi connectivity index (χ0) is 20.4. The number of benzene rings is 2. The van der Waals surface area contributed by atoms with E-state index < -0.39 is 32.1 Å². The number of ether oxygens (including phenoxy) is 1. The number of nitrogens with one attached hydrogen (secondary N) is 2. The van der Waals surface area contributed by atoms with Crippen molar-refractivity contribution in [2.45, 2.75) is 34.7 Å². The van der Waals surface area contributed by atoms with Crippen molar-refractivity contribution in [3.63, 3.8) is 0 Å². The lowest BCUT2D eigenvalue weighted by atomic mass is 10.1. The van der Waals surface area contributed by atoms with Crippen molar-refractivity contribution in [1.82, 2.24) is 9.44 Å². The third-order valence-corrected chi connectivity index (χ3v) is 7.16. The van der Waals surface area contributed by atoms with Crippen molar-refractivity contribution in [2.24, 2.45) is 0 Å². The van der Waals surface area contributed by atoms with Crippen LogP contribution in [0.2, 0.25) is 0 Å². The topological polar surface area (TPSA) is 119 Å². The lowest BCUT2D eigenvalue weighted by molar-refractivity contribution is -0.142. The van der Waals surface area contributed by atoms with E-state index in [0.717, 1.165) is 12.8 Å². The van der Waals surface area contributed by atoms with E-state index in [1.165, 1.54) is 31.4 Å². The maximum Gasteiger partial charge on any atom is 0.328 e. The first-order chi connectivity index (χ1) is 13.2. The number of carbonyl (C=O) groups is 1. The summed E-state index contributed by atoms with van der Waals surface area (Å²) in [6.07, 6.45) is 1.59. The molecule has 150 valence electrons. The predicted molar refractivity (Wildman–Crippen MR) is 101 cm³/mol. The van der Waals surface area contributed by atoms with Crippen molar-refractivity contribution in [1.29, 1.82) is 0 Å². The number of sulfonamides is 2. The molecule has 28 heavy (non-hydrogen) atoms. The Labute approximate surface area is 164 Å². The van der Waals surface area contributed by atoms with E-state index in [9.17, 15) is 21.6 Å². The first-order valence-electron chi connectivity index (χ1n) is 8.50. The molecule has 0 amide bonds. The molecule has 0 radical (unpaired) electrons. The maximum absolute atomic E-state index is 12.7. The van der Waals surface area contributed by atoms with Crippen LogP contribution in [0.25, 0.3) is 0 Å². The summed E-state index contributed by atoms with van der Waals surface area (Å²) < 4.78 is 59.3. The summed E-state index contributed by atoms with van der Waals surface area (Å²) in [5, 5.41) is 0. The summed E-state index contributed by atoms with van der Waals surface area (Å²) in [6, 6.07) is 11.8. The zero-order valence-corrected chi connectivity index (χ0v) is 16.7. The zero-order valence-electron chi connectivity index (χ0n) is 15.0. The summed E-state index contributed by atoms with van der Waals surface area (Å²) >= 11 is 0. The molecule has 0 bridgehead atoms. The fourth-order valence-electron chi connectivity index (χ4n) is 2.53. The molecule has 1 atom stereocenters. The minimum atomic E-state index is -4.10. The minimum absolute atomic E-state index is 0.0223. The Bertz CT molecular complexity index is 1050. The van der Waals surface area contributed by atoms with Crippen molar-refractivity contribution in [3.8, 4) is 0 Å². The van der Waals surface area contributed by atoms with Gasteiger partial charge in [-0.05, 0) is 42.7 Å². The molecule has 1 fully saturated rings. The Morgan fingerprint density at radius 1 is 0.929 bits per heavy atom. The summed E-state index contributed by atoms with van der Waals surface area (Å²) in [7, 11) is -6.62. The van der Waals surface area contributed by atoms with E-state index in [1.54, 1.807) is 30.3 Å². The fourth-order valence-corrected chi connectivity index (χ4v) is 5.00. The average Bonchev–Trinajstić information content (AvgIpc) is 3.49. The molecule has 10 heteroatoms. The van der Waals surface area contributed by atoms with Crippen molar-refractivity contribution in [3.05, 3.63) is 60.2 Å². The monoisotopic (exact) mass is 424 g/mol. The highest BCUT2D eigenvalue weighted by Crippen LogP contribution is 2.23. The Balaban J connectivity index is 1.84. The highest BCUT2D eigenvalue weighted by molar-refractivity contribution is 7.90. The number of hydrogen-bond acceptors (Lipinski definition) is 6. The van der Waals surface area contributed by atoms with E-state index in [4.69, 9.17) is 4.74 Å². The second-order valence-electron chi connectivity index (χ2n) is 6.36. The van der Waals surface area contributed by atoms with E-state index in [0.29, 0.717) is 5.56 Å². The molecular formula is C18H20N2O6S2. The molecular weight excluding hydrogens is 404 g/mol. The van der Waals surface area contributed by atoms with Crippen LogP contribution in [0.15, 0.2) is 64.4 Å². The molecule has 1 saturated carbocycles. The van der Waals surface area contributed by atoms with Crippen LogP contribution in [-0.4, -0.2) is 36.0 Å². The molecule has 1 aliphatic rings. The summed E-state index contributed by atoms with van der Waals surface area (Å²) in [4.78, 5) is 11.9. The van der Waals surface area contributed by atoms with E-state index >= 15 is 0 Å². The molecule has 0 spiro atoms. The first kappa shape index (κ1) is 20.5. The lowest BCUT2D eigenvalue weighted by Crippen LogP contribution is -2.34. The molecule has 0 heterocycles. The number of carbonyl (C=O) groups excluding carboxylic acids is 1. The van der Waals surface area contributed by atoms with Crippen molar-refractivity contribution in [2.75, 3.05) is 7.11 Å². The van der Waals surface area contributed by atoms with Gasteiger partial charge in [-0.3, -0.25) is 0 Å². The number of esters is 1. The minimum Gasteiger partial charge on any atom is -0.468 e. The van der Waals surface area contributed by atoms with Gasteiger partial charge < -0.3 is 4.74 Å². The van der Waals surface area contributed by atoms with Crippen LogP contribution in [0.5, 0.6) is 0 Å². The largest absolute Gasteiger partial charge is 0.468 e. The van der Waals surface area contributed by atoms with Crippen LogP contribution in [0.3, 0.4) is 0 Å². The van der Waals surface area contributed by atoms with Gasteiger partial charge in [0.15, 0.2) is 0 Å². The van der Waals surface area contributed by atoms with Gasteiger partial charge in [-0.25, -0.2) is 26.4 Å². The van der Waals surface area contributed by atoms with E-state index in [-0.39, 0.29) is 15.8 Å². The number of hydrogen-bond donors (Lipinski definition) is 2. The van der Waals surface area contributed by atoms with Gasteiger partial charge in [0, 0.05) is 6.04 Å². The molecule has 8 nitrogen and oxygen atoms in total. The van der Waals surface area contributed by atoms with Gasteiger partial charge in [0.25, 0.3) is 0 Å². The van der Waals surface area contributed by atoms with Crippen LogP contribution in [0.1, 0.15) is 24.4 Å². The van der Waals surface area contributed by atoms with Gasteiger partial charge in [-0.15, -0.1) is 0 Å². The van der Waals surface area contributed by atoms with Gasteiger partial charge in [0.05, 0.1) is 16.9 Å². The van der Waals surface area contributed by atoms with Crippen LogP contribution in [-0.2, 0) is 29.6 Å². The Kier molecular flexibility index (Phi) is 5.84. The molecule has 2 aromatic carbocycles. The first-order valence-corrected chi connectivity index (χ1v) is 11.5. The summed E-state index contributed by atoms with van der Waals surface area (Å²) in [5.41, 5.74) is 0.422. The standard InChI is InChI=1S/C18H20N2O6S2/c1-26-18(21)17(13-5-3-2-4-6-13)20-28(24,25)16-11-9-15(10-12-16)27(22,23)19-14-7-8-14/h2-6,9-12,14,17,19-20H,7-8H2,1H3. The van der Waals surface area contributed by atoms with Crippen LogP contribution in [0.4, 0.5) is 0 Å². The van der Waals surface area contributed by atoms with Crippen LogP contribution >= 0.6 is 0 Å². The highest BCUT2D eigenvalue weighted by Gasteiger charge is 2.30. The highest BCUT2D eigenvalue weighted by atomic mass is 32.2. The third-order valence-electron chi connectivity index (χ3n) is 4.19. The Hall–Kier alpha value is -2.27. The molecule has 3 rings (SSSR count). The fraction of sp³-hybridized carbons (Fsp3) is 0.278. The van der Waals surface area contributed by atoms with Gasteiger partial charge >= 0.3 is 5.97 Å². The smallest absolute Gasteiger partial charge is 0.328 e. The third kappa shape index (κ3) is 4.76. The molecule has 2 N–H and O–H groups in total. The molecule has 0 aliphatic heterocycles. The van der Waals surface area contributed by atoms with Gasteiger partial charge in [0.1, 0.15) is 6.04 Å². The summed E-state index contributed by atoms with van der Waals surface area (Å²) in [5.74, 6) is -0.761. The second-order valence-corrected chi connectivity index (χ2v) is 9.78. The molecule has 0 aromatic heterocycles. The van der Waals surface area contributed by atoms with Gasteiger partial charge in [0.2, 0.25) is 20.0 Å². The van der Waals surface area contributed by atoms with E-state index in [2.05, 4.69) is 9.44 Å². The van der Waals surface area contributed by atoms with Crippen LogP contribution < -0.4 is 9.44 Å². The average molecular weight is 425 g/mol. The number of methoxy groups -OCH3 is 1.